The topological polar surface area (TPSA) is 73.1 Å². The quantitative estimate of drug-likeness (QED) is 0.716. The summed E-state index contributed by atoms with van der Waals surface area (Å²) in [6, 6.07) is 15.2. The Bertz CT molecular complexity index is 1100. The molecule has 146 valence electrons. The molecular formula is C22H25N3O3. The van der Waals surface area contributed by atoms with Gasteiger partial charge in [0.05, 0.1) is 10.9 Å². The highest BCUT2D eigenvalue weighted by Crippen LogP contribution is 2.21. The molecule has 3 rings (SSSR count). The van der Waals surface area contributed by atoms with Crippen LogP contribution >= 0.6 is 0 Å². The van der Waals surface area contributed by atoms with Gasteiger partial charge in [-0.25, -0.2) is 4.79 Å². The number of hydrogen-bond donors (Lipinski definition) is 1. The highest BCUT2D eigenvalue weighted by Gasteiger charge is 2.27. The first-order chi connectivity index (χ1) is 13.5. The summed E-state index contributed by atoms with van der Waals surface area (Å²) in [4.78, 5) is 39.2. The number of carbonyl (C=O) groups excluding carboxylic acids is 1. The van der Waals surface area contributed by atoms with Crippen LogP contribution < -0.4 is 16.6 Å². The maximum atomic E-state index is 13.3. The molecule has 1 N–H and O–H groups in total. The normalized spacial score (nSPS) is 13.2. The number of carbonyl (C=O) groups is 1. The third-order valence-electron chi connectivity index (χ3n) is 5.02. The Morgan fingerprint density at radius 3 is 2.29 bits per heavy atom. The van der Waals surface area contributed by atoms with Crippen LogP contribution in [0.5, 0.6) is 0 Å². The second-order valence-electron chi connectivity index (χ2n) is 6.85. The fourth-order valence-electron chi connectivity index (χ4n) is 3.34. The third kappa shape index (κ3) is 3.50. The monoisotopic (exact) mass is 379 g/mol. The van der Waals surface area contributed by atoms with E-state index in [0.29, 0.717) is 16.5 Å². The van der Waals surface area contributed by atoms with Gasteiger partial charge < -0.3 is 5.32 Å². The molecule has 2 atom stereocenters. The molecule has 0 fully saturated rings. The van der Waals surface area contributed by atoms with Gasteiger partial charge in [-0.05, 0) is 38.0 Å². The number of amides is 1. The van der Waals surface area contributed by atoms with E-state index in [4.69, 9.17) is 0 Å². The lowest BCUT2D eigenvalue weighted by atomic mass is 10.0. The summed E-state index contributed by atoms with van der Waals surface area (Å²) in [5.41, 5.74) is 0.320. The van der Waals surface area contributed by atoms with E-state index in [2.05, 4.69) is 5.32 Å². The molecule has 0 saturated heterocycles. The summed E-state index contributed by atoms with van der Waals surface area (Å²) < 4.78 is 2.61. The summed E-state index contributed by atoms with van der Waals surface area (Å²) >= 11 is 0. The zero-order valence-electron chi connectivity index (χ0n) is 16.4. The molecule has 0 aliphatic carbocycles. The lowest BCUT2D eigenvalue weighted by molar-refractivity contribution is -0.123. The van der Waals surface area contributed by atoms with E-state index in [1.165, 1.54) is 9.13 Å². The van der Waals surface area contributed by atoms with Crippen LogP contribution in [0.25, 0.3) is 10.9 Å². The minimum absolute atomic E-state index is 0.0299. The maximum Gasteiger partial charge on any atom is 0.332 e. The van der Waals surface area contributed by atoms with Crippen LogP contribution in [0.1, 0.15) is 38.8 Å². The molecule has 0 bridgehead atoms. The molecule has 0 saturated carbocycles. The molecule has 28 heavy (non-hydrogen) atoms. The minimum Gasteiger partial charge on any atom is -0.352 e. The Morgan fingerprint density at radius 1 is 1.00 bits per heavy atom. The number of benzene rings is 2. The van der Waals surface area contributed by atoms with Crippen LogP contribution in [0.4, 0.5) is 0 Å². The number of nitrogens with zero attached hydrogens (tertiary/aromatic N) is 2. The van der Waals surface area contributed by atoms with Gasteiger partial charge in [0.2, 0.25) is 5.91 Å². The zero-order chi connectivity index (χ0) is 20.3. The van der Waals surface area contributed by atoms with Crippen molar-refractivity contribution in [2.45, 2.75) is 45.8 Å². The van der Waals surface area contributed by atoms with Crippen molar-refractivity contribution in [3.63, 3.8) is 0 Å². The number of aromatic nitrogens is 2. The highest BCUT2D eigenvalue weighted by atomic mass is 16.2. The van der Waals surface area contributed by atoms with E-state index in [9.17, 15) is 14.4 Å². The smallest absolute Gasteiger partial charge is 0.332 e. The van der Waals surface area contributed by atoms with Crippen molar-refractivity contribution >= 4 is 16.8 Å². The molecule has 0 radical (unpaired) electrons. The molecule has 6 heteroatoms. The van der Waals surface area contributed by atoms with Gasteiger partial charge >= 0.3 is 5.69 Å². The van der Waals surface area contributed by atoms with Gasteiger partial charge in [0.15, 0.2) is 0 Å². The molecule has 3 aromatic rings. The first-order valence-corrected chi connectivity index (χ1v) is 9.59. The average Bonchev–Trinajstić information content (AvgIpc) is 2.72. The van der Waals surface area contributed by atoms with Crippen molar-refractivity contribution in [1.82, 2.24) is 14.5 Å². The molecule has 0 aliphatic heterocycles. The van der Waals surface area contributed by atoms with E-state index in [1.807, 2.05) is 44.2 Å². The van der Waals surface area contributed by atoms with E-state index < -0.39 is 11.7 Å². The molecule has 1 aromatic heterocycles. The molecule has 2 unspecified atom stereocenters. The Morgan fingerprint density at radius 2 is 1.64 bits per heavy atom. The summed E-state index contributed by atoms with van der Waals surface area (Å²) in [6.07, 6.45) is 0.775. The third-order valence-corrected chi connectivity index (χ3v) is 5.02. The summed E-state index contributed by atoms with van der Waals surface area (Å²) in [5, 5.41) is 3.40. The number of fused-ring (bicyclic) bond motifs is 1. The fraction of sp³-hybridized carbons (Fsp3) is 0.318. The Balaban J connectivity index is 2.35. The van der Waals surface area contributed by atoms with Crippen molar-refractivity contribution in [2.75, 3.05) is 0 Å². The number of nitrogens with one attached hydrogen (secondary N) is 1. The predicted molar refractivity (Wildman–Crippen MR) is 111 cm³/mol. The number of para-hydroxylation sites is 1. The van der Waals surface area contributed by atoms with Gasteiger partial charge in [0, 0.05) is 12.6 Å². The van der Waals surface area contributed by atoms with Crippen LogP contribution in [-0.4, -0.2) is 21.1 Å². The Hall–Kier alpha value is -3.15. The summed E-state index contributed by atoms with van der Waals surface area (Å²) in [5.74, 6) is -0.269. The first-order valence-electron chi connectivity index (χ1n) is 9.59. The maximum absolute atomic E-state index is 13.3. The van der Waals surface area contributed by atoms with Crippen molar-refractivity contribution in [3.05, 3.63) is 81.0 Å². The second kappa shape index (κ2) is 8.25. The van der Waals surface area contributed by atoms with Crippen LogP contribution in [0.15, 0.2) is 64.2 Å². The minimum atomic E-state index is -0.869. The molecule has 1 amide bonds. The standard InChI is InChI=1S/C22H25N3O3/c1-4-15(3)23-20(26)19(16-11-7-6-8-12-16)25-18-14-10-9-13-17(18)21(27)24(5-2)22(25)28/h6-15,19H,4-5H2,1-3H3,(H,23,26). The van der Waals surface area contributed by atoms with Crippen LogP contribution in [0.3, 0.4) is 0 Å². The van der Waals surface area contributed by atoms with Crippen molar-refractivity contribution in [1.29, 1.82) is 0 Å². The highest BCUT2D eigenvalue weighted by molar-refractivity contribution is 5.87. The Labute approximate surface area is 163 Å². The first kappa shape index (κ1) is 19.6. The Kier molecular flexibility index (Phi) is 5.78. The van der Waals surface area contributed by atoms with E-state index in [1.54, 1.807) is 31.2 Å². The lowest BCUT2D eigenvalue weighted by Crippen LogP contribution is -2.46. The van der Waals surface area contributed by atoms with Gasteiger partial charge in [-0.3, -0.25) is 18.7 Å². The molecule has 0 aliphatic rings. The molecule has 1 heterocycles. The molecule has 6 nitrogen and oxygen atoms in total. The van der Waals surface area contributed by atoms with Gasteiger partial charge in [0.25, 0.3) is 5.56 Å². The van der Waals surface area contributed by atoms with Crippen LogP contribution in [0, 0.1) is 0 Å². The fourth-order valence-corrected chi connectivity index (χ4v) is 3.34. The summed E-state index contributed by atoms with van der Waals surface area (Å²) in [6.45, 7) is 5.89. The van der Waals surface area contributed by atoms with Gasteiger partial charge in [-0.1, -0.05) is 49.4 Å². The van der Waals surface area contributed by atoms with Crippen LogP contribution in [-0.2, 0) is 11.3 Å². The average molecular weight is 379 g/mol. The van der Waals surface area contributed by atoms with Gasteiger partial charge in [0.1, 0.15) is 6.04 Å². The number of hydrogen-bond acceptors (Lipinski definition) is 3. The van der Waals surface area contributed by atoms with E-state index in [0.717, 1.165) is 6.42 Å². The van der Waals surface area contributed by atoms with Gasteiger partial charge in [-0.2, -0.15) is 0 Å². The summed E-state index contributed by atoms with van der Waals surface area (Å²) in [7, 11) is 0. The van der Waals surface area contributed by atoms with Crippen LogP contribution in [0.2, 0.25) is 0 Å². The molecule has 0 spiro atoms. The predicted octanol–water partition coefficient (Wildman–Crippen LogP) is 2.69. The zero-order valence-corrected chi connectivity index (χ0v) is 16.4. The lowest BCUT2D eigenvalue weighted by Gasteiger charge is -2.24. The van der Waals surface area contributed by atoms with Crippen molar-refractivity contribution < 1.29 is 4.79 Å². The van der Waals surface area contributed by atoms with E-state index in [-0.39, 0.29) is 24.1 Å². The molecular weight excluding hydrogens is 354 g/mol. The van der Waals surface area contributed by atoms with Gasteiger partial charge in [-0.15, -0.1) is 0 Å². The number of rotatable bonds is 6. The van der Waals surface area contributed by atoms with Crippen molar-refractivity contribution in [3.8, 4) is 0 Å². The second-order valence-corrected chi connectivity index (χ2v) is 6.85. The SMILES string of the molecule is CCC(C)NC(=O)C(c1ccccc1)n1c(=O)n(CC)c(=O)c2ccccc21. The largest absolute Gasteiger partial charge is 0.352 e. The molecule has 2 aromatic carbocycles. The van der Waals surface area contributed by atoms with E-state index >= 15 is 0 Å². The van der Waals surface area contributed by atoms with Crippen molar-refractivity contribution in [2.24, 2.45) is 0 Å².